The molecular weight excluding hydrogens is 176 g/mol. The number of hydrogen-bond donors (Lipinski definition) is 0. The summed E-state index contributed by atoms with van der Waals surface area (Å²) >= 11 is 0. The molecule has 0 aromatic carbocycles. The summed E-state index contributed by atoms with van der Waals surface area (Å²) in [6, 6.07) is 0. The van der Waals surface area contributed by atoms with Crippen molar-refractivity contribution in [1.29, 1.82) is 0 Å². The molecule has 0 saturated carbocycles. The van der Waals surface area contributed by atoms with E-state index in [1.54, 1.807) is 12.2 Å². The molecule has 0 radical (unpaired) electrons. The molecule has 0 unspecified atom stereocenters. The van der Waals surface area contributed by atoms with Gasteiger partial charge in [-0.2, -0.15) is 0 Å². The van der Waals surface area contributed by atoms with Crippen LogP contribution in [-0.4, -0.2) is 31.5 Å². The number of rotatable bonds is 0. The molecule has 0 aromatic rings. The molecule has 4 nitrogen and oxygen atoms in total. The lowest BCUT2D eigenvalue weighted by molar-refractivity contribution is 0.549. The van der Waals surface area contributed by atoms with Crippen molar-refractivity contribution < 1.29 is 8.42 Å². The van der Waals surface area contributed by atoms with Crippen LogP contribution in [0.25, 0.3) is 0 Å². The Balaban J connectivity index is 2.44. The number of nitrogens with zero attached hydrogens (tertiary/aromatic N) is 2. The van der Waals surface area contributed by atoms with Crippen LogP contribution in [0.4, 0.5) is 0 Å². The van der Waals surface area contributed by atoms with Gasteiger partial charge < -0.3 is 4.90 Å². The van der Waals surface area contributed by atoms with Crippen molar-refractivity contribution in [3.8, 4) is 0 Å². The van der Waals surface area contributed by atoms with Gasteiger partial charge in [0.1, 0.15) is 5.84 Å². The molecule has 0 spiro atoms. The maximum atomic E-state index is 11.0. The molecule has 0 aliphatic carbocycles. The fourth-order valence-corrected chi connectivity index (χ4v) is 2.11. The molecule has 2 aliphatic rings. The van der Waals surface area contributed by atoms with E-state index < -0.39 is 10.0 Å². The van der Waals surface area contributed by atoms with Crippen LogP contribution in [0.1, 0.15) is 0 Å². The van der Waals surface area contributed by atoms with Gasteiger partial charge in [0.05, 0.1) is 5.75 Å². The lowest BCUT2D eigenvalue weighted by Crippen LogP contribution is -2.35. The largest absolute Gasteiger partial charge is 0.331 e. The van der Waals surface area contributed by atoms with Gasteiger partial charge in [-0.25, -0.2) is 8.42 Å². The van der Waals surface area contributed by atoms with Gasteiger partial charge in [0.2, 0.25) is 0 Å². The van der Waals surface area contributed by atoms with Crippen LogP contribution in [0.15, 0.2) is 28.8 Å². The first kappa shape index (κ1) is 7.54. The number of amidine groups is 1. The second-order valence-corrected chi connectivity index (χ2v) is 4.38. The predicted molar refractivity (Wildman–Crippen MR) is 46.2 cm³/mol. The Hall–Kier alpha value is -1.10. The summed E-state index contributed by atoms with van der Waals surface area (Å²) in [5, 5.41) is 0. The van der Waals surface area contributed by atoms with Gasteiger partial charge in [-0.3, -0.25) is 0 Å². The first-order chi connectivity index (χ1) is 5.67. The minimum atomic E-state index is -3.19. The number of allylic oxidation sites excluding steroid dienone is 2. The van der Waals surface area contributed by atoms with Crippen molar-refractivity contribution in [1.82, 2.24) is 4.90 Å². The van der Waals surface area contributed by atoms with Crippen LogP contribution in [0.5, 0.6) is 0 Å². The SMILES string of the molecule is O=S1(=O)CCN2C=CC=CC2=N1. The van der Waals surface area contributed by atoms with Gasteiger partial charge in [-0.05, 0) is 12.2 Å². The molecule has 2 aliphatic heterocycles. The zero-order chi connectivity index (χ0) is 8.60. The second kappa shape index (κ2) is 2.45. The Bertz CT molecular complexity index is 378. The molecule has 64 valence electrons. The van der Waals surface area contributed by atoms with Crippen molar-refractivity contribution >= 4 is 15.9 Å². The highest BCUT2D eigenvalue weighted by atomic mass is 32.2. The lowest BCUT2D eigenvalue weighted by atomic mass is 10.3. The van der Waals surface area contributed by atoms with E-state index in [-0.39, 0.29) is 5.75 Å². The zero-order valence-electron chi connectivity index (χ0n) is 6.34. The first-order valence-electron chi connectivity index (χ1n) is 3.61. The summed E-state index contributed by atoms with van der Waals surface area (Å²) in [5.41, 5.74) is 0. The van der Waals surface area contributed by atoms with E-state index in [2.05, 4.69) is 4.40 Å². The third-order valence-corrected chi connectivity index (χ3v) is 2.90. The zero-order valence-corrected chi connectivity index (χ0v) is 7.16. The van der Waals surface area contributed by atoms with E-state index in [0.717, 1.165) is 0 Å². The molecule has 0 fully saturated rings. The highest BCUT2D eigenvalue weighted by molar-refractivity contribution is 7.90. The van der Waals surface area contributed by atoms with Crippen LogP contribution in [-0.2, 0) is 10.0 Å². The second-order valence-electron chi connectivity index (χ2n) is 2.63. The molecule has 5 heteroatoms. The summed E-state index contributed by atoms with van der Waals surface area (Å²) in [4.78, 5) is 1.82. The van der Waals surface area contributed by atoms with E-state index in [9.17, 15) is 8.42 Å². The molecule has 2 rings (SSSR count). The minimum absolute atomic E-state index is 0.106. The van der Waals surface area contributed by atoms with Crippen molar-refractivity contribution in [2.24, 2.45) is 4.40 Å². The molecule has 0 atom stereocenters. The third-order valence-electron chi connectivity index (χ3n) is 1.74. The van der Waals surface area contributed by atoms with Gasteiger partial charge in [0.25, 0.3) is 10.0 Å². The molecule has 2 heterocycles. The van der Waals surface area contributed by atoms with Crippen LogP contribution in [0.3, 0.4) is 0 Å². The Morgan fingerprint density at radius 1 is 1.42 bits per heavy atom. The highest BCUT2D eigenvalue weighted by Crippen LogP contribution is 2.10. The Kier molecular flexibility index (Phi) is 1.54. The van der Waals surface area contributed by atoms with Crippen LogP contribution in [0.2, 0.25) is 0 Å². The average molecular weight is 184 g/mol. The summed E-state index contributed by atoms with van der Waals surface area (Å²) < 4.78 is 25.7. The van der Waals surface area contributed by atoms with Crippen molar-refractivity contribution in [3.63, 3.8) is 0 Å². The maximum absolute atomic E-state index is 11.0. The van der Waals surface area contributed by atoms with Gasteiger partial charge in [-0.1, -0.05) is 6.08 Å². The molecule has 0 amide bonds. The van der Waals surface area contributed by atoms with E-state index in [1.807, 2.05) is 17.2 Å². The first-order valence-corrected chi connectivity index (χ1v) is 5.22. The lowest BCUT2D eigenvalue weighted by Gasteiger charge is -2.24. The summed E-state index contributed by atoms with van der Waals surface area (Å²) in [7, 11) is -3.19. The Morgan fingerprint density at radius 2 is 2.25 bits per heavy atom. The van der Waals surface area contributed by atoms with E-state index in [4.69, 9.17) is 0 Å². The van der Waals surface area contributed by atoms with E-state index in [0.29, 0.717) is 12.4 Å². The normalized spacial score (nSPS) is 25.0. The molecule has 0 saturated heterocycles. The highest BCUT2D eigenvalue weighted by Gasteiger charge is 2.21. The molecular formula is C7H8N2O2S. The fraction of sp³-hybridized carbons (Fsp3) is 0.286. The summed E-state index contributed by atoms with van der Waals surface area (Å²) in [6.07, 6.45) is 7.15. The van der Waals surface area contributed by atoms with Gasteiger partial charge in [0.15, 0.2) is 0 Å². The number of hydrogen-bond acceptors (Lipinski definition) is 3. The van der Waals surface area contributed by atoms with Gasteiger partial charge in [0, 0.05) is 12.7 Å². The van der Waals surface area contributed by atoms with Crippen LogP contribution in [0, 0.1) is 0 Å². The fourth-order valence-electron chi connectivity index (χ4n) is 1.14. The quantitative estimate of drug-likeness (QED) is 0.537. The average Bonchev–Trinajstić information content (AvgIpc) is 2.02. The topological polar surface area (TPSA) is 49.7 Å². The Labute approximate surface area is 71.0 Å². The Morgan fingerprint density at radius 3 is 3.08 bits per heavy atom. The van der Waals surface area contributed by atoms with Crippen LogP contribution >= 0.6 is 0 Å². The monoisotopic (exact) mass is 184 g/mol. The smallest absolute Gasteiger partial charge is 0.256 e. The van der Waals surface area contributed by atoms with Crippen LogP contribution < -0.4 is 0 Å². The maximum Gasteiger partial charge on any atom is 0.256 e. The minimum Gasteiger partial charge on any atom is -0.331 e. The summed E-state index contributed by atoms with van der Waals surface area (Å²) in [6.45, 7) is 0.502. The van der Waals surface area contributed by atoms with Gasteiger partial charge in [-0.15, -0.1) is 4.40 Å². The standard InChI is InChI=1S/C7H8N2O2S/c10-12(11)6-5-9-4-2-1-3-7(9)8-12/h1-4H,5-6H2. The molecule has 0 aromatic heterocycles. The number of fused-ring (bicyclic) bond motifs is 1. The molecule has 0 N–H and O–H groups in total. The third kappa shape index (κ3) is 1.27. The van der Waals surface area contributed by atoms with Crippen molar-refractivity contribution in [2.45, 2.75) is 0 Å². The van der Waals surface area contributed by atoms with Gasteiger partial charge >= 0.3 is 0 Å². The molecule has 0 bridgehead atoms. The predicted octanol–water partition coefficient (Wildman–Crippen LogP) is 0.114. The number of sulfonamides is 1. The molecule has 12 heavy (non-hydrogen) atoms. The van der Waals surface area contributed by atoms with Crippen molar-refractivity contribution in [2.75, 3.05) is 12.3 Å². The van der Waals surface area contributed by atoms with E-state index >= 15 is 0 Å². The van der Waals surface area contributed by atoms with Crippen molar-refractivity contribution in [3.05, 3.63) is 24.4 Å². The van der Waals surface area contributed by atoms with E-state index in [1.165, 1.54) is 0 Å². The summed E-state index contributed by atoms with van der Waals surface area (Å²) in [5.74, 6) is 0.623.